The van der Waals surface area contributed by atoms with Gasteiger partial charge in [-0.2, -0.15) is 0 Å². The molecular weight excluding hydrogens is 357 g/mol. The van der Waals surface area contributed by atoms with E-state index in [1.165, 1.54) is 17.4 Å². The van der Waals surface area contributed by atoms with E-state index < -0.39 is 6.04 Å². The van der Waals surface area contributed by atoms with Gasteiger partial charge in [0.2, 0.25) is 0 Å². The summed E-state index contributed by atoms with van der Waals surface area (Å²) in [5, 5.41) is 0. The first-order chi connectivity index (χ1) is 7.58. The zero-order chi connectivity index (χ0) is 11.7. The number of benzene rings is 1. The van der Waals surface area contributed by atoms with Gasteiger partial charge in [-0.15, -0.1) is 11.3 Å². The minimum Gasteiger partial charge on any atom is -0.320 e. The zero-order valence-electron chi connectivity index (χ0n) is 8.08. The molecule has 0 aliphatic heterocycles. The second-order valence-electron chi connectivity index (χ2n) is 3.29. The van der Waals surface area contributed by atoms with E-state index in [2.05, 4.69) is 31.9 Å². The molecule has 1 nitrogen and oxygen atoms in total. The summed E-state index contributed by atoms with van der Waals surface area (Å²) in [4.78, 5) is 0.934. The summed E-state index contributed by atoms with van der Waals surface area (Å²) in [7, 11) is 0. The quantitative estimate of drug-likeness (QED) is 0.836. The maximum Gasteiger partial charge on any atom is 0.128 e. The van der Waals surface area contributed by atoms with Crippen molar-refractivity contribution in [2.45, 2.75) is 6.04 Å². The van der Waals surface area contributed by atoms with Crippen LogP contribution in [0.5, 0.6) is 0 Å². The van der Waals surface area contributed by atoms with Gasteiger partial charge in [-0.25, -0.2) is 4.39 Å². The molecule has 0 spiro atoms. The Kier molecular flexibility index (Phi) is 3.79. The first-order valence-corrected chi connectivity index (χ1v) is 6.94. The van der Waals surface area contributed by atoms with Crippen LogP contribution in [0.4, 0.5) is 4.39 Å². The van der Waals surface area contributed by atoms with Crippen molar-refractivity contribution in [3.05, 3.63) is 54.8 Å². The topological polar surface area (TPSA) is 26.0 Å². The highest BCUT2D eigenvalue weighted by Gasteiger charge is 2.15. The van der Waals surface area contributed by atoms with Gasteiger partial charge in [0.1, 0.15) is 5.82 Å². The molecule has 0 aliphatic rings. The van der Waals surface area contributed by atoms with E-state index in [0.29, 0.717) is 5.56 Å². The predicted octanol–water partition coefficient (Wildman–Crippen LogP) is 4.46. The molecule has 84 valence electrons. The smallest absolute Gasteiger partial charge is 0.128 e. The van der Waals surface area contributed by atoms with Crippen LogP contribution in [0.15, 0.2) is 38.6 Å². The van der Waals surface area contributed by atoms with E-state index in [1.807, 2.05) is 12.1 Å². The average molecular weight is 365 g/mol. The van der Waals surface area contributed by atoms with Gasteiger partial charge in [0.15, 0.2) is 0 Å². The van der Waals surface area contributed by atoms with Crippen LogP contribution in [0.25, 0.3) is 0 Å². The first-order valence-electron chi connectivity index (χ1n) is 4.53. The van der Waals surface area contributed by atoms with Crippen LogP contribution >= 0.6 is 43.2 Å². The van der Waals surface area contributed by atoms with Gasteiger partial charge in [0, 0.05) is 14.9 Å². The molecular formula is C11H8Br2FNS. The van der Waals surface area contributed by atoms with E-state index in [1.54, 1.807) is 12.1 Å². The van der Waals surface area contributed by atoms with Gasteiger partial charge < -0.3 is 5.73 Å². The SMILES string of the molecule is NC(c1ccc(Br)s1)c1cc(Br)ccc1F. The number of nitrogens with two attached hydrogens (primary N) is 1. The molecule has 1 aromatic heterocycles. The monoisotopic (exact) mass is 363 g/mol. The van der Waals surface area contributed by atoms with Crippen molar-refractivity contribution in [1.29, 1.82) is 0 Å². The molecule has 1 unspecified atom stereocenters. The van der Waals surface area contributed by atoms with E-state index in [0.717, 1.165) is 13.1 Å². The molecule has 2 rings (SSSR count). The van der Waals surface area contributed by atoms with Crippen LogP contribution in [0.1, 0.15) is 16.5 Å². The average Bonchev–Trinajstić information content (AvgIpc) is 2.67. The number of hydrogen-bond donors (Lipinski definition) is 1. The fraction of sp³-hybridized carbons (Fsp3) is 0.0909. The third kappa shape index (κ3) is 2.53. The molecule has 5 heteroatoms. The summed E-state index contributed by atoms with van der Waals surface area (Å²) < 4.78 is 15.4. The fourth-order valence-electron chi connectivity index (χ4n) is 1.40. The number of halogens is 3. The lowest BCUT2D eigenvalue weighted by molar-refractivity contribution is 0.600. The zero-order valence-corrected chi connectivity index (χ0v) is 12.1. The Bertz CT molecular complexity index is 512. The van der Waals surface area contributed by atoms with Crippen molar-refractivity contribution in [2.75, 3.05) is 0 Å². The molecule has 2 N–H and O–H groups in total. The van der Waals surface area contributed by atoms with Gasteiger partial charge in [-0.1, -0.05) is 15.9 Å². The van der Waals surface area contributed by atoms with Gasteiger partial charge in [-0.05, 0) is 46.3 Å². The van der Waals surface area contributed by atoms with Crippen LogP contribution in [0.3, 0.4) is 0 Å². The molecule has 1 aromatic carbocycles. The molecule has 0 saturated heterocycles. The summed E-state index contributed by atoms with van der Waals surface area (Å²) in [5.41, 5.74) is 6.53. The van der Waals surface area contributed by atoms with E-state index in [-0.39, 0.29) is 5.82 Å². The standard InChI is InChI=1S/C11H8Br2FNS/c12-6-1-2-8(14)7(5-6)11(15)9-3-4-10(13)16-9/h1-5,11H,15H2. The summed E-state index contributed by atoms with van der Waals surface area (Å²) in [5.74, 6) is -0.278. The lowest BCUT2D eigenvalue weighted by atomic mass is 10.1. The van der Waals surface area contributed by atoms with Gasteiger partial charge >= 0.3 is 0 Å². The maximum absolute atomic E-state index is 13.6. The van der Waals surface area contributed by atoms with Crippen molar-refractivity contribution >= 4 is 43.2 Å². The minimum absolute atomic E-state index is 0.278. The Labute approximate surface area is 114 Å². The third-order valence-electron chi connectivity index (χ3n) is 2.19. The van der Waals surface area contributed by atoms with Crippen molar-refractivity contribution in [3.63, 3.8) is 0 Å². The molecule has 2 aromatic rings. The highest BCUT2D eigenvalue weighted by molar-refractivity contribution is 9.11. The lowest BCUT2D eigenvalue weighted by Crippen LogP contribution is -2.12. The van der Waals surface area contributed by atoms with Gasteiger partial charge in [0.05, 0.1) is 9.83 Å². The maximum atomic E-state index is 13.6. The van der Waals surface area contributed by atoms with Crippen LogP contribution < -0.4 is 5.73 Å². The Morgan fingerprint density at radius 2 is 1.94 bits per heavy atom. The van der Waals surface area contributed by atoms with E-state index >= 15 is 0 Å². The Morgan fingerprint density at radius 1 is 1.19 bits per heavy atom. The lowest BCUT2D eigenvalue weighted by Gasteiger charge is -2.11. The summed E-state index contributed by atoms with van der Waals surface area (Å²) in [6.45, 7) is 0. The number of hydrogen-bond acceptors (Lipinski definition) is 2. The first kappa shape index (κ1) is 12.2. The van der Waals surface area contributed by atoms with Crippen LogP contribution in [-0.4, -0.2) is 0 Å². The van der Waals surface area contributed by atoms with Gasteiger partial charge in [-0.3, -0.25) is 0 Å². The summed E-state index contributed by atoms with van der Waals surface area (Å²) in [6, 6.07) is 8.19. The molecule has 0 bridgehead atoms. The third-order valence-corrected chi connectivity index (χ3v) is 4.39. The molecule has 0 amide bonds. The molecule has 1 atom stereocenters. The molecule has 0 fully saturated rings. The molecule has 0 saturated carbocycles. The normalized spacial score (nSPS) is 12.8. The number of rotatable bonds is 2. The Hall–Kier alpha value is -0.230. The van der Waals surface area contributed by atoms with Crippen molar-refractivity contribution < 1.29 is 4.39 Å². The van der Waals surface area contributed by atoms with E-state index in [4.69, 9.17) is 5.73 Å². The Morgan fingerprint density at radius 3 is 2.56 bits per heavy atom. The summed E-state index contributed by atoms with van der Waals surface area (Å²) in [6.07, 6.45) is 0. The second-order valence-corrected chi connectivity index (χ2v) is 6.70. The fourth-order valence-corrected chi connectivity index (χ4v) is 3.22. The second kappa shape index (κ2) is 4.96. The summed E-state index contributed by atoms with van der Waals surface area (Å²) >= 11 is 8.20. The highest BCUT2D eigenvalue weighted by atomic mass is 79.9. The van der Waals surface area contributed by atoms with Crippen LogP contribution in [-0.2, 0) is 0 Å². The number of thiophene rings is 1. The van der Waals surface area contributed by atoms with Crippen molar-refractivity contribution in [1.82, 2.24) is 0 Å². The molecule has 0 radical (unpaired) electrons. The highest BCUT2D eigenvalue weighted by Crippen LogP contribution is 2.31. The molecule has 0 aliphatic carbocycles. The predicted molar refractivity (Wildman–Crippen MR) is 72.1 cm³/mol. The Balaban J connectivity index is 2.40. The van der Waals surface area contributed by atoms with E-state index in [9.17, 15) is 4.39 Å². The molecule has 16 heavy (non-hydrogen) atoms. The molecule has 1 heterocycles. The largest absolute Gasteiger partial charge is 0.320 e. The van der Waals surface area contributed by atoms with Crippen molar-refractivity contribution in [2.24, 2.45) is 5.73 Å². The van der Waals surface area contributed by atoms with Crippen LogP contribution in [0, 0.1) is 5.82 Å². The van der Waals surface area contributed by atoms with Gasteiger partial charge in [0.25, 0.3) is 0 Å². The van der Waals surface area contributed by atoms with Crippen molar-refractivity contribution in [3.8, 4) is 0 Å². The minimum atomic E-state index is -0.422. The van der Waals surface area contributed by atoms with Crippen LogP contribution in [0.2, 0.25) is 0 Å².